The summed E-state index contributed by atoms with van der Waals surface area (Å²) in [6, 6.07) is 0. The Hall–Kier alpha value is 0.912. The van der Waals surface area contributed by atoms with Crippen LogP contribution in [0.15, 0.2) is 0 Å². The van der Waals surface area contributed by atoms with E-state index in [0.717, 1.165) is 0 Å². The maximum absolute atomic E-state index is 8.30. The molecule has 0 atom stereocenters. The second-order valence-corrected chi connectivity index (χ2v) is 0. The molecule has 0 amide bonds. The van der Waals surface area contributed by atoms with E-state index in [-0.39, 0.29) is 0 Å². The Morgan fingerprint density at radius 3 is 1.25 bits per heavy atom. The molecule has 0 spiro atoms. The summed E-state index contributed by atoms with van der Waals surface area (Å²) in [5.41, 5.74) is 0. The quantitative estimate of drug-likeness (QED) is 0.502. The molecule has 0 heterocycles. The molecule has 0 N–H and O–H groups in total. The Kier molecular flexibility index (Phi) is 88.4. The van der Waals surface area contributed by atoms with Crippen molar-refractivity contribution in [1.29, 1.82) is 0 Å². The number of hydrogen-bond acceptors (Lipinski definition) is 2. The van der Waals surface area contributed by atoms with Crippen molar-refractivity contribution in [2.75, 3.05) is 0 Å². The van der Waals surface area contributed by atoms with Gasteiger partial charge in [-0.15, -0.1) is 0 Å². The van der Waals surface area contributed by atoms with Crippen LogP contribution in [0.3, 0.4) is 0 Å². The summed E-state index contributed by atoms with van der Waals surface area (Å²) in [4.78, 5) is 0. The average Bonchev–Trinajstić information content (AvgIpc) is 1.50. The van der Waals surface area contributed by atoms with Gasteiger partial charge in [0.25, 0.3) is 0 Å². The summed E-state index contributed by atoms with van der Waals surface area (Å²) in [7, 11) is 0. The molecule has 0 rings (SSSR count). The van der Waals surface area contributed by atoms with Crippen molar-refractivity contribution in [3.05, 3.63) is 0 Å². The first-order valence-electron chi connectivity index (χ1n) is 0.312. The second-order valence-electron chi connectivity index (χ2n) is 0. The van der Waals surface area contributed by atoms with Crippen molar-refractivity contribution in [3.8, 4) is 0 Å². The van der Waals surface area contributed by atoms with Gasteiger partial charge in [0, 0.05) is 0 Å². The molecule has 0 bridgehead atoms. The molecule has 2 nitrogen and oxygen atoms in total. The van der Waals surface area contributed by atoms with Crippen LogP contribution in [0.1, 0.15) is 0 Å². The minimum atomic E-state index is 0.500. The molecule has 0 aliphatic carbocycles. The zero-order valence-corrected chi connectivity index (χ0v) is 5.12. The fourth-order valence-corrected chi connectivity index (χ4v) is 0. The first kappa shape index (κ1) is 8.86. The van der Waals surface area contributed by atoms with E-state index in [1.54, 1.807) is 0 Å². The van der Waals surface area contributed by atoms with Crippen LogP contribution in [0.5, 0.6) is 0 Å². The molecule has 4 heavy (non-hydrogen) atoms. The van der Waals surface area contributed by atoms with E-state index in [1.165, 1.54) is 0 Å². The first-order chi connectivity index (χ1) is 2.00. The van der Waals surface area contributed by atoms with E-state index in [2.05, 4.69) is 15.4 Å². The molecule has 0 aliphatic rings. The normalized spacial score (nSPS) is 2.50. The Labute approximate surface area is 45.4 Å². The van der Waals surface area contributed by atoms with Gasteiger partial charge in [0.2, 0.25) is 0 Å². The van der Waals surface area contributed by atoms with E-state index in [4.69, 9.17) is 6.91 Å². The van der Waals surface area contributed by atoms with Crippen molar-refractivity contribution in [3.63, 3.8) is 0 Å². The molecular formula is NiO2Sb. The molecule has 27 valence electrons. The molecule has 0 aliphatic heterocycles. The second kappa shape index (κ2) is 39.9. The van der Waals surface area contributed by atoms with E-state index in [1.807, 2.05) is 0 Å². The van der Waals surface area contributed by atoms with Crippen LogP contribution < -0.4 is 0 Å². The van der Waals surface area contributed by atoms with E-state index < -0.39 is 0 Å². The van der Waals surface area contributed by atoms with Crippen molar-refractivity contribution in [2.24, 2.45) is 0 Å². The summed E-state index contributed by atoms with van der Waals surface area (Å²) < 4.78 is 16.2. The fraction of sp³-hybridized carbons (Fsp3) is 0. The summed E-state index contributed by atoms with van der Waals surface area (Å²) in [6.45, 7) is 0. The zero-order valence-electron chi connectivity index (χ0n) is 1.58. The van der Waals surface area contributed by atoms with E-state index in [9.17, 15) is 0 Å². The van der Waals surface area contributed by atoms with Gasteiger partial charge in [0.05, 0.1) is 0 Å². The monoisotopic (exact) mass is 211 g/mol. The third-order valence-corrected chi connectivity index (χ3v) is 0. The Morgan fingerprint density at radius 1 is 1.25 bits per heavy atom. The molecule has 0 aromatic heterocycles. The van der Waals surface area contributed by atoms with Crippen LogP contribution in [-0.2, 0) is 22.3 Å². The van der Waals surface area contributed by atoms with Crippen molar-refractivity contribution < 1.29 is 22.3 Å². The van der Waals surface area contributed by atoms with Gasteiger partial charge >= 0.3 is 45.3 Å². The summed E-state index contributed by atoms with van der Waals surface area (Å²) >= 11 is 3.12. The van der Waals surface area contributed by atoms with Crippen LogP contribution in [0.4, 0.5) is 0 Å². The van der Waals surface area contributed by atoms with Gasteiger partial charge in [-0.25, -0.2) is 0 Å². The van der Waals surface area contributed by atoms with Crippen LogP contribution in [0, 0.1) is 0 Å². The Balaban J connectivity index is 0. The minimum absolute atomic E-state index is 0.500. The SMILES string of the molecule is [O]=[Ni].[O]=[Sb]. The van der Waals surface area contributed by atoms with Gasteiger partial charge < -0.3 is 0 Å². The van der Waals surface area contributed by atoms with E-state index >= 15 is 0 Å². The summed E-state index contributed by atoms with van der Waals surface area (Å²) in [6.07, 6.45) is 0. The molecule has 0 saturated heterocycles. The van der Waals surface area contributed by atoms with E-state index in [0.29, 0.717) is 23.0 Å². The summed E-state index contributed by atoms with van der Waals surface area (Å²) in [5, 5.41) is 0. The van der Waals surface area contributed by atoms with Crippen molar-refractivity contribution in [1.82, 2.24) is 0 Å². The van der Waals surface area contributed by atoms with Crippen LogP contribution >= 0.6 is 0 Å². The van der Waals surface area contributed by atoms with Gasteiger partial charge in [0.1, 0.15) is 0 Å². The van der Waals surface area contributed by atoms with Gasteiger partial charge in [0.15, 0.2) is 0 Å². The Bertz CT molecular complexity index is 8.00. The van der Waals surface area contributed by atoms with Gasteiger partial charge in [-0.1, -0.05) is 0 Å². The van der Waals surface area contributed by atoms with Gasteiger partial charge in [-0.05, 0) is 0 Å². The summed E-state index contributed by atoms with van der Waals surface area (Å²) in [5.74, 6) is 0. The molecule has 0 saturated carbocycles. The fourth-order valence-electron chi connectivity index (χ4n) is 0. The zero-order chi connectivity index (χ0) is 4.00. The van der Waals surface area contributed by atoms with Crippen molar-refractivity contribution in [2.45, 2.75) is 0 Å². The molecule has 1 radical (unpaired) electrons. The first-order valence-corrected chi connectivity index (χ1v) is 1.76. The number of hydrogen-bond donors (Lipinski definition) is 0. The van der Waals surface area contributed by atoms with Crippen LogP contribution in [-0.4, -0.2) is 23.0 Å². The van der Waals surface area contributed by atoms with Crippen molar-refractivity contribution >= 4 is 23.0 Å². The predicted octanol–water partition coefficient (Wildman–Crippen LogP) is -0.621. The molecule has 0 fully saturated rings. The Morgan fingerprint density at radius 2 is 1.25 bits per heavy atom. The van der Waals surface area contributed by atoms with Gasteiger partial charge in [-0.3, -0.25) is 0 Å². The standard InChI is InChI=1S/Ni.2O.Sb. The third-order valence-electron chi connectivity index (χ3n) is 0. The van der Waals surface area contributed by atoms with Crippen LogP contribution in [0.25, 0.3) is 0 Å². The molecule has 4 heteroatoms. The number of rotatable bonds is 0. The van der Waals surface area contributed by atoms with Crippen LogP contribution in [0.2, 0.25) is 0 Å². The van der Waals surface area contributed by atoms with Gasteiger partial charge in [-0.2, -0.15) is 0 Å². The molecule has 0 aromatic rings. The molecule has 0 unspecified atom stereocenters. The third kappa shape index (κ3) is 12.8. The predicted molar refractivity (Wildman–Crippen MR) is 7.13 cm³/mol. The molecular weight excluding hydrogens is 212 g/mol. The average molecular weight is 212 g/mol. The topological polar surface area (TPSA) is 34.1 Å². The molecule has 0 aromatic carbocycles. The maximum atomic E-state index is 8.30.